The number of nitro groups is 1. The van der Waals surface area contributed by atoms with E-state index in [0.717, 1.165) is 26.6 Å². The Labute approximate surface area is 192 Å². The summed E-state index contributed by atoms with van der Waals surface area (Å²) in [6.07, 6.45) is 1.36. The highest BCUT2D eigenvalue weighted by atomic mass is 16.6. The summed E-state index contributed by atoms with van der Waals surface area (Å²) in [4.78, 5) is 64.3. The van der Waals surface area contributed by atoms with Crippen molar-refractivity contribution in [3.8, 4) is 5.69 Å². The van der Waals surface area contributed by atoms with Gasteiger partial charge in [-0.25, -0.2) is 9.48 Å². The van der Waals surface area contributed by atoms with Gasteiger partial charge < -0.3 is 10.6 Å². The minimum atomic E-state index is -0.977. The lowest BCUT2D eigenvalue weighted by molar-refractivity contribution is -0.384. The molecule has 3 N–H and O–H groups in total. The normalized spacial score (nSPS) is 10.8. The molecule has 13 heteroatoms. The summed E-state index contributed by atoms with van der Waals surface area (Å²) in [5.74, 6) is -1.21. The number of amides is 1. The third kappa shape index (κ3) is 4.35. The maximum Gasteiger partial charge on any atom is 0.330 e. The number of aromatic amines is 1. The molecule has 3 aromatic rings. The number of unbranched alkanes of at least 4 members (excludes halogenated alkanes) is 1. The van der Waals surface area contributed by atoms with Crippen molar-refractivity contribution in [2.75, 3.05) is 17.7 Å². The van der Waals surface area contributed by atoms with Gasteiger partial charge in [0.15, 0.2) is 11.4 Å². The van der Waals surface area contributed by atoms with E-state index in [9.17, 15) is 29.3 Å². The summed E-state index contributed by atoms with van der Waals surface area (Å²) in [5, 5.41) is 15.5. The van der Waals surface area contributed by atoms with Crippen molar-refractivity contribution in [3.63, 3.8) is 0 Å². The van der Waals surface area contributed by atoms with E-state index in [-0.39, 0.29) is 35.1 Å². The quantitative estimate of drug-likeness (QED) is 0.379. The summed E-state index contributed by atoms with van der Waals surface area (Å²) in [6.45, 7) is 3.64. The van der Waals surface area contributed by atoms with Crippen molar-refractivity contribution in [2.24, 2.45) is 0 Å². The van der Waals surface area contributed by atoms with Crippen LogP contribution in [0.3, 0.4) is 0 Å². The molecule has 0 atom stereocenters. The molecule has 0 saturated heterocycles. The number of hydrogen-bond acceptors (Lipinski definition) is 8. The highest BCUT2D eigenvalue weighted by Gasteiger charge is 2.26. The topological polar surface area (TPSA) is 179 Å². The van der Waals surface area contributed by atoms with Crippen molar-refractivity contribution >= 4 is 23.1 Å². The first kappa shape index (κ1) is 24.1. The van der Waals surface area contributed by atoms with Gasteiger partial charge in [0.2, 0.25) is 5.43 Å². The molecule has 34 heavy (non-hydrogen) atoms. The Morgan fingerprint density at radius 3 is 2.59 bits per heavy atom. The molecule has 0 aliphatic carbocycles. The highest BCUT2D eigenvalue weighted by molar-refractivity contribution is 6.05. The smallest absolute Gasteiger partial charge is 0.330 e. The van der Waals surface area contributed by atoms with Crippen LogP contribution in [0.1, 0.15) is 35.9 Å². The summed E-state index contributed by atoms with van der Waals surface area (Å²) in [6, 6.07) is 6.83. The molecule has 1 aromatic carbocycles. The zero-order valence-electron chi connectivity index (χ0n) is 18.8. The molecule has 0 aliphatic rings. The molecule has 0 fully saturated rings. The molecule has 0 spiro atoms. The lowest BCUT2D eigenvalue weighted by Crippen LogP contribution is -2.41. The van der Waals surface area contributed by atoms with E-state index in [2.05, 4.69) is 10.1 Å². The van der Waals surface area contributed by atoms with Gasteiger partial charge in [0.05, 0.1) is 4.92 Å². The van der Waals surface area contributed by atoms with Crippen LogP contribution in [0.5, 0.6) is 0 Å². The maximum atomic E-state index is 13.2. The predicted molar refractivity (Wildman–Crippen MR) is 125 cm³/mol. The number of anilines is 2. The third-order valence-corrected chi connectivity index (χ3v) is 5.21. The Balaban J connectivity index is 2.15. The number of hydrogen-bond donors (Lipinski definition) is 2. The standard InChI is InChI=1S/C21H23N7O6/c1-4-5-10-26-18(22)17(19(30)23-21(26)32)25(3)20(31)16-15(29)11-12(2)27(24-16)13-8-6-7-9-14(13)28(33)34/h6-9,11H,4-5,10,22H2,1-3H3,(H,23,30,32). The Hall–Kier alpha value is -4.55. The molecule has 2 aromatic heterocycles. The molecule has 0 aliphatic heterocycles. The first-order chi connectivity index (χ1) is 16.1. The Kier molecular flexibility index (Phi) is 6.75. The van der Waals surface area contributed by atoms with Crippen LogP contribution < -0.4 is 27.3 Å². The molecule has 1 amide bonds. The number of carbonyl (C=O) groups excluding carboxylic acids is 1. The van der Waals surface area contributed by atoms with E-state index in [0.29, 0.717) is 6.42 Å². The van der Waals surface area contributed by atoms with Gasteiger partial charge in [0, 0.05) is 31.4 Å². The van der Waals surface area contributed by atoms with Crippen LogP contribution in [0.15, 0.2) is 44.7 Å². The van der Waals surface area contributed by atoms with Gasteiger partial charge in [-0.15, -0.1) is 0 Å². The van der Waals surface area contributed by atoms with Gasteiger partial charge in [-0.3, -0.25) is 34.0 Å². The van der Waals surface area contributed by atoms with E-state index >= 15 is 0 Å². The minimum absolute atomic E-state index is 0.0483. The number of rotatable bonds is 7. The second-order valence-electron chi connectivity index (χ2n) is 7.52. The lowest BCUT2D eigenvalue weighted by Gasteiger charge is -2.20. The summed E-state index contributed by atoms with van der Waals surface area (Å²) < 4.78 is 2.24. The molecule has 0 bridgehead atoms. The van der Waals surface area contributed by atoms with Crippen LogP contribution in [0, 0.1) is 17.0 Å². The number of benzene rings is 1. The zero-order chi connectivity index (χ0) is 25.2. The number of aromatic nitrogens is 4. The summed E-state index contributed by atoms with van der Waals surface area (Å²) >= 11 is 0. The minimum Gasteiger partial charge on any atom is -0.383 e. The number of nitrogen functional groups attached to an aromatic ring is 1. The number of H-pyrrole nitrogens is 1. The number of aryl methyl sites for hydroxylation is 1. The van der Waals surface area contributed by atoms with Crippen LogP contribution in [-0.2, 0) is 6.54 Å². The average molecular weight is 469 g/mol. The molecular weight excluding hydrogens is 446 g/mol. The fraction of sp³-hybridized carbons (Fsp3) is 0.286. The number of para-hydroxylation sites is 2. The van der Waals surface area contributed by atoms with Crippen molar-refractivity contribution in [3.05, 3.63) is 82.9 Å². The van der Waals surface area contributed by atoms with Gasteiger partial charge in [0.1, 0.15) is 11.5 Å². The van der Waals surface area contributed by atoms with E-state index in [1.807, 2.05) is 6.92 Å². The third-order valence-electron chi connectivity index (χ3n) is 5.21. The fourth-order valence-corrected chi connectivity index (χ4v) is 3.44. The van der Waals surface area contributed by atoms with Crippen molar-refractivity contribution < 1.29 is 9.72 Å². The van der Waals surface area contributed by atoms with Gasteiger partial charge >= 0.3 is 5.69 Å². The van der Waals surface area contributed by atoms with Crippen LogP contribution in [-0.4, -0.2) is 37.2 Å². The largest absolute Gasteiger partial charge is 0.383 e. The van der Waals surface area contributed by atoms with Crippen LogP contribution in [0.4, 0.5) is 17.2 Å². The molecule has 0 saturated carbocycles. The molecule has 0 unspecified atom stereocenters. The Morgan fingerprint density at radius 1 is 1.26 bits per heavy atom. The number of nitrogens with zero attached hydrogens (tertiary/aromatic N) is 5. The Bertz CT molecular complexity index is 1450. The molecular formula is C21H23N7O6. The average Bonchev–Trinajstić information content (AvgIpc) is 2.78. The first-order valence-electron chi connectivity index (χ1n) is 10.3. The molecule has 178 valence electrons. The van der Waals surface area contributed by atoms with Crippen molar-refractivity contribution in [1.82, 2.24) is 19.3 Å². The van der Waals surface area contributed by atoms with Gasteiger partial charge in [0.25, 0.3) is 17.2 Å². The lowest BCUT2D eigenvalue weighted by atomic mass is 10.2. The van der Waals surface area contributed by atoms with Gasteiger partial charge in [-0.05, 0) is 19.4 Å². The number of carbonyl (C=O) groups is 1. The van der Waals surface area contributed by atoms with Crippen molar-refractivity contribution in [1.29, 1.82) is 0 Å². The second kappa shape index (κ2) is 9.52. The van der Waals surface area contributed by atoms with Crippen molar-refractivity contribution in [2.45, 2.75) is 33.2 Å². The summed E-state index contributed by atoms with van der Waals surface area (Å²) in [5.41, 5.74) is 2.79. The summed E-state index contributed by atoms with van der Waals surface area (Å²) in [7, 11) is 1.22. The van der Waals surface area contributed by atoms with Crippen LogP contribution in [0.25, 0.3) is 5.69 Å². The highest BCUT2D eigenvalue weighted by Crippen LogP contribution is 2.23. The zero-order valence-corrected chi connectivity index (χ0v) is 18.8. The first-order valence-corrected chi connectivity index (χ1v) is 10.3. The monoisotopic (exact) mass is 469 g/mol. The number of nitrogens with two attached hydrogens (primary N) is 1. The number of nitro benzene ring substituents is 1. The molecule has 3 rings (SSSR count). The molecule has 0 radical (unpaired) electrons. The van der Waals surface area contributed by atoms with E-state index in [1.165, 1.54) is 32.2 Å². The SMILES string of the molecule is CCCCn1c(N)c(N(C)C(=O)c2nn(-c3ccccc3[N+](=O)[O-])c(C)cc2=O)c(=O)[nH]c1=O. The van der Waals surface area contributed by atoms with Crippen LogP contribution >= 0.6 is 0 Å². The maximum absolute atomic E-state index is 13.2. The second-order valence-corrected chi connectivity index (χ2v) is 7.52. The number of nitrogens with one attached hydrogen (secondary N) is 1. The van der Waals surface area contributed by atoms with Gasteiger partial charge in [-0.1, -0.05) is 25.5 Å². The Morgan fingerprint density at radius 2 is 1.94 bits per heavy atom. The van der Waals surface area contributed by atoms with Crippen LogP contribution in [0.2, 0.25) is 0 Å². The molecule has 13 nitrogen and oxygen atoms in total. The van der Waals surface area contributed by atoms with E-state index in [4.69, 9.17) is 5.73 Å². The fourth-order valence-electron chi connectivity index (χ4n) is 3.44. The van der Waals surface area contributed by atoms with E-state index < -0.39 is 33.2 Å². The van der Waals surface area contributed by atoms with E-state index in [1.54, 1.807) is 6.07 Å². The van der Waals surface area contributed by atoms with Gasteiger partial charge in [-0.2, -0.15) is 5.10 Å². The molecule has 2 heterocycles. The predicted octanol–water partition coefficient (Wildman–Crippen LogP) is 0.958.